The molecular formula is C19H22N4O2S. The van der Waals surface area contributed by atoms with Gasteiger partial charge >= 0.3 is 0 Å². The van der Waals surface area contributed by atoms with Crippen molar-refractivity contribution < 1.29 is 4.74 Å². The van der Waals surface area contributed by atoms with Crippen molar-refractivity contribution in [2.45, 2.75) is 45.3 Å². The summed E-state index contributed by atoms with van der Waals surface area (Å²) in [5.74, 6) is 0.762. The molecule has 4 rings (SSSR count). The quantitative estimate of drug-likeness (QED) is 0.735. The van der Waals surface area contributed by atoms with Gasteiger partial charge in [-0.15, -0.1) is 5.10 Å². The summed E-state index contributed by atoms with van der Waals surface area (Å²) in [6.45, 7) is 2.92. The second-order valence-corrected chi connectivity index (χ2v) is 7.87. The van der Waals surface area contributed by atoms with E-state index in [1.165, 1.54) is 41.0 Å². The first-order chi connectivity index (χ1) is 12.7. The van der Waals surface area contributed by atoms with Gasteiger partial charge in [0.15, 0.2) is 0 Å². The maximum absolute atomic E-state index is 11.8. The van der Waals surface area contributed by atoms with Crippen molar-refractivity contribution in [2.24, 2.45) is 5.92 Å². The predicted molar refractivity (Wildman–Crippen MR) is 103 cm³/mol. The molecule has 7 heteroatoms. The van der Waals surface area contributed by atoms with Crippen LogP contribution in [0.1, 0.15) is 38.2 Å². The van der Waals surface area contributed by atoms with E-state index in [2.05, 4.69) is 34.5 Å². The van der Waals surface area contributed by atoms with Crippen molar-refractivity contribution in [3.05, 3.63) is 52.4 Å². The number of fused-ring (bicyclic) bond motifs is 1. The molecular weight excluding hydrogens is 348 g/mol. The molecule has 1 fully saturated rings. The lowest BCUT2D eigenvalue weighted by Gasteiger charge is -2.26. The maximum atomic E-state index is 11.8. The molecule has 0 spiro atoms. The number of rotatable bonds is 5. The first kappa shape index (κ1) is 17.2. The van der Waals surface area contributed by atoms with Gasteiger partial charge in [-0.05, 0) is 36.5 Å². The molecule has 2 aromatic heterocycles. The van der Waals surface area contributed by atoms with E-state index < -0.39 is 0 Å². The normalized spacial score (nSPS) is 20.3. The lowest BCUT2D eigenvalue weighted by atomic mass is 9.89. The van der Waals surface area contributed by atoms with Crippen molar-refractivity contribution in [1.29, 1.82) is 0 Å². The van der Waals surface area contributed by atoms with Crippen LogP contribution < -0.4 is 10.9 Å². The fourth-order valence-corrected chi connectivity index (χ4v) is 4.20. The van der Waals surface area contributed by atoms with E-state index in [9.17, 15) is 4.79 Å². The fraction of sp³-hybridized carbons (Fsp3) is 0.421. The zero-order valence-electron chi connectivity index (χ0n) is 14.7. The molecule has 1 aliphatic rings. The molecule has 1 saturated carbocycles. The molecule has 1 aromatic carbocycles. The maximum Gasteiger partial charge on any atom is 0.275 e. The van der Waals surface area contributed by atoms with Gasteiger partial charge in [0.2, 0.25) is 10.1 Å². The molecule has 0 radical (unpaired) electrons. The molecule has 0 amide bonds. The van der Waals surface area contributed by atoms with Crippen molar-refractivity contribution in [1.82, 2.24) is 14.6 Å². The molecule has 0 saturated heterocycles. The Morgan fingerprint density at radius 2 is 2.27 bits per heavy atom. The van der Waals surface area contributed by atoms with E-state index >= 15 is 0 Å². The number of ether oxygens (including phenoxy) is 1. The highest BCUT2D eigenvalue weighted by Gasteiger charge is 2.19. The Balaban J connectivity index is 1.43. The molecule has 6 nitrogen and oxygen atoms in total. The Bertz CT molecular complexity index is 952. The van der Waals surface area contributed by atoms with Crippen LogP contribution in [0.5, 0.6) is 0 Å². The minimum atomic E-state index is -0.178. The summed E-state index contributed by atoms with van der Waals surface area (Å²) in [5.41, 5.74) is 1.88. The van der Waals surface area contributed by atoms with E-state index in [1.807, 2.05) is 12.1 Å². The first-order valence-corrected chi connectivity index (χ1v) is 9.81. The van der Waals surface area contributed by atoms with Gasteiger partial charge in [-0.2, -0.15) is 4.52 Å². The summed E-state index contributed by atoms with van der Waals surface area (Å²) in [4.78, 5) is 16.5. The van der Waals surface area contributed by atoms with Crippen molar-refractivity contribution in [3.63, 3.8) is 0 Å². The predicted octanol–water partition coefficient (Wildman–Crippen LogP) is 3.99. The van der Waals surface area contributed by atoms with E-state index in [-0.39, 0.29) is 5.56 Å². The van der Waals surface area contributed by atoms with Crippen LogP contribution in [-0.2, 0) is 11.3 Å². The Hall–Kier alpha value is -2.25. The van der Waals surface area contributed by atoms with Gasteiger partial charge in [-0.3, -0.25) is 4.79 Å². The number of anilines is 2. The van der Waals surface area contributed by atoms with Gasteiger partial charge in [-0.25, -0.2) is 4.98 Å². The van der Waals surface area contributed by atoms with Crippen LogP contribution in [0.15, 0.2) is 41.3 Å². The zero-order valence-corrected chi connectivity index (χ0v) is 15.5. The molecule has 2 unspecified atom stereocenters. The standard InChI is InChI=1S/C19H22N4O2S/c1-13-4-2-7-16(10-13)25-12-14-5-3-6-15(11-14)21-18-22-23-17(24)8-9-20-19(23)26-18/h3,5-6,8-9,11,13,16H,2,4,7,10,12H2,1H3,(H,21,22). The largest absolute Gasteiger partial charge is 0.374 e. The summed E-state index contributed by atoms with van der Waals surface area (Å²) < 4.78 is 7.42. The van der Waals surface area contributed by atoms with Crippen LogP contribution in [-0.4, -0.2) is 20.7 Å². The highest BCUT2D eigenvalue weighted by molar-refractivity contribution is 7.20. The lowest BCUT2D eigenvalue weighted by molar-refractivity contribution is 0.00469. The smallest absolute Gasteiger partial charge is 0.275 e. The van der Waals surface area contributed by atoms with Crippen LogP contribution in [0.25, 0.3) is 4.96 Å². The number of nitrogens with one attached hydrogen (secondary N) is 1. The van der Waals surface area contributed by atoms with Crippen molar-refractivity contribution in [2.75, 3.05) is 5.32 Å². The van der Waals surface area contributed by atoms with Crippen LogP contribution in [0.3, 0.4) is 0 Å². The van der Waals surface area contributed by atoms with Gasteiger partial charge in [0.05, 0.1) is 12.7 Å². The lowest BCUT2D eigenvalue weighted by Crippen LogP contribution is -2.21. The SMILES string of the molecule is CC1CCCC(OCc2cccc(Nc3nn4c(=O)ccnc4s3)c2)C1. The third-order valence-corrected chi connectivity index (χ3v) is 5.56. The van der Waals surface area contributed by atoms with Crippen molar-refractivity contribution in [3.8, 4) is 0 Å². The third-order valence-electron chi connectivity index (χ3n) is 4.72. The average molecular weight is 370 g/mol. The average Bonchev–Trinajstić information content (AvgIpc) is 3.04. The Labute approximate surface area is 155 Å². The summed E-state index contributed by atoms with van der Waals surface area (Å²) in [7, 11) is 0. The fourth-order valence-electron chi connectivity index (χ4n) is 3.40. The van der Waals surface area contributed by atoms with E-state index in [0.29, 0.717) is 22.8 Å². The number of nitrogens with zero attached hydrogens (tertiary/aromatic N) is 3. The molecule has 3 aromatic rings. The van der Waals surface area contributed by atoms with Crippen LogP contribution in [0.2, 0.25) is 0 Å². The molecule has 0 bridgehead atoms. The monoisotopic (exact) mass is 370 g/mol. The molecule has 1 aliphatic carbocycles. The Morgan fingerprint density at radius 1 is 1.35 bits per heavy atom. The zero-order chi connectivity index (χ0) is 17.9. The molecule has 2 heterocycles. The van der Waals surface area contributed by atoms with Gasteiger partial charge < -0.3 is 10.1 Å². The topological polar surface area (TPSA) is 68.5 Å². The number of aromatic nitrogens is 3. The number of hydrogen-bond acceptors (Lipinski definition) is 6. The van der Waals surface area contributed by atoms with Gasteiger partial charge in [0.1, 0.15) is 0 Å². The summed E-state index contributed by atoms with van der Waals surface area (Å²) >= 11 is 1.35. The Kier molecular flexibility index (Phi) is 4.99. The molecule has 1 N–H and O–H groups in total. The number of benzene rings is 1. The van der Waals surface area contributed by atoms with Crippen molar-refractivity contribution >= 4 is 27.1 Å². The molecule has 0 aliphatic heterocycles. The molecule has 136 valence electrons. The second kappa shape index (κ2) is 7.55. The minimum Gasteiger partial charge on any atom is -0.374 e. The number of hydrogen-bond donors (Lipinski definition) is 1. The van der Waals surface area contributed by atoms with E-state index in [1.54, 1.807) is 0 Å². The van der Waals surface area contributed by atoms with Gasteiger partial charge in [-0.1, -0.05) is 43.2 Å². The van der Waals surface area contributed by atoms with Gasteiger partial charge in [0.25, 0.3) is 5.56 Å². The third kappa shape index (κ3) is 3.94. The van der Waals surface area contributed by atoms with Gasteiger partial charge in [0, 0.05) is 18.0 Å². The summed E-state index contributed by atoms with van der Waals surface area (Å²) in [6, 6.07) is 9.52. The molecule has 2 atom stereocenters. The van der Waals surface area contributed by atoms with E-state index in [0.717, 1.165) is 30.0 Å². The van der Waals surface area contributed by atoms with E-state index in [4.69, 9.17) is 4.74 Å². The van der Waals surface area contributed by atoms with Crippen LogP contribution >= 0.6 is 11.3 Å². The summed E-state index contributed by atoms with van der Waals surface area (Å²) in [5, 5.41) is 8.18. The highest BCUT2D eigenvalue weighted by Crippen LogP contribution is 2.27. The first-order valence-electron chi connectivity index (χ1n) is 9.00. The summed E-state index contributed by atoms with van der Waals surface area (Å²) in [6.07, 6.45) is 6.78. The van der Waals surface area contributed by atoms with Crippen LogP contribution in [0, 0.1) is 5.92 Å². The second-order valence-electron chi connectivity index (χ2n) is 6.91. The van der Waals surface area contributed by atoms with Crippen LogP contribution in [0.4, 0.5) is 10.8 Å². The minimum absolute atomic E-state index is 0.178. The molecule has 26 heavy (non-hydrogen) atoms. The highest BCUT2D eigenvalue weighted by atomic mass is 32.1. The Morgan fingerprint density at radius 3 is 3.12 bits per heavy atom.